The quantitative estimate of drug-likeness (QED) is 0.629. The number of benzene rings is 2. The minimum absolute atomic E-state index is 0.269. The van der Waals surface area contributed by atoms with E-state index >= 15 is 0 Å². The summed E-state index contributed by atoms with van der Waals surface area (Å²) >= 11 is 0. The van der Waals surface area contributed by atoms with Crippen LogP contribution in [0.1, 0.15) is 11.1 Å². The monoisotopic (exact) mass is 310 g/mol. The van der Waals surface area contributed by atoms with Gasteiger partial charge in [-0.15, -0.1) is 0 Å². The van der Waals surface area contributed by atoms with Gasteiger partial charge < -0.3 is 20.1 Å². The molecule has 0 saturated heterocycles. The standard InChI is InChI=1S/C19H22N2O2/c1-14-5-7-15(8-6-14)11-20-12-16(22)13-23-19-4-2-3-18-17(19)9-10-21-18/h2-10,16,20-22H,11-13H2,1H3. The number of H-pyrrole nitrogens is 1. The number of aliphatic hydroxyl groups excluding tert-OH is 1. The van der Waals surface area contributed by atoms with E-state index in [0.29, 0.717) is 6.54 Å². The molecule has 0 aliphatic carbocycles. The van der Waals surface area contributed by atoms with Crippen LogP contribution in [0.15, 0.2) is 54.7 Å². The van der Waals surface area contributed by atoms with Crippen LogP contribution in [-0.4, -0.2) is 29.3 Å². The van der Waals surface area contributed by atoms with Gasteiger partial charge in [0.05, 0.1) is 0 Å². The topological polar surface area (TPSA) is 57.3 Å². The summed E-state index contributed by atoms with van der Waals surface area (Å²) in [4.78, 5) is 3.15. The first-order valence-corrected chi connectivity index (χ1v) is 7.85. The lowest BCUT2D eigenvalue weighted by Crippen LogP contribution is -2.31. The fraction of sp³-hybridized carbons (Fsp3) is 0.263. The molecule has 1 atom stereocenters. The van der Waals surface area contributed by atoms with Crippen molar-refractivity contribution in [3.05, 3.63) is 65.9 Å². The molecule has 0 saturated carbocycles. The van der Waals surface area contributed by atoms with Gasteiger partial charge >= 0.3 is 0 Å². The highest BCUT2D eigenvalue weighted by Crippen LogP contribution is 2.24. The number of ether oxygens (including phenoxy) is 1. The van der Waals surface area contributed by atoms with E-state index < -0.39 is 6.10 Å². The molecule has 3 aromatic rings. The van der Waals surface area contributed by atoms with Crippen molar-refractivity contribution < 1.29 is 9.84 Å². The normalized spacial score (nSPS) is 12.4. The van der Waals surface area contributed by atoms with E-state index in [9.17, 15) is 5.11 Å². The van der Waals surface area contributed by atoms with Crippen molar-refractivity contribution in [2.75, 3.05) is 13.2 Å². The number of hydrogen-bond donors (Lipinski definition) is 3. The molecule has 4 nitrogen and oxygen atoms in total. The highest BCUT2D eigenvalue weighted by atomic mass is 16.5. The number of nitrogens with one attached hydrogen (secondary N) is 2. The van der Waals surface area contributed by atoms with Crippen LogP contribution >= 0.6 is 0 Å². The Labute approximate surface area is 136 Å². The molecular weight excluding hydrogens is 288 g/mol. The molecule has 1 unspecified atom stereocenters. The maximum absolute atomic E-state index is 10.1. The van der Waals surface area contributed by atoms with Crippen LogP contribution in [0.5, 0.6) is 5.75 Å². The Bertz CT molecular complexity index is 749. The molecule has 2 aromatic carbocycles. The second-order valence-electron chi connectivity index (χ2n) is 5.78. The Kier molecular flexibility index (Phi) is 4.95. The van der Waals surface area contributed by atoms with Gasteiger partial charge in [0, 0.05) is 30.2 Å². The minimum Gasteiger partial charge on any atom is -0.490 e. The molecule has 4 heteroatoms. The number of hydrogen-bond acceptors (Lipinski definition) is 3. The van der Waals surface area contributed by atoms with Crippen molar-refractivity contribution in [2.45, 2.75) is 19.6 Å². The van der Waals surface area contributed by atoms with Gasteiger partial charge in [0.25, 0.3) is 0 Å². The van der Waals surface area contributed by atoms with E-state index in [0.717, 1.165) is 23.2 Å². The maximum atomic E-state index is 10.1. The van der Waals surface area contributed by atoms with Crippen LogP contribution < -0.4 is 10.1 Å². The largest absolute Gasteiger partial charge is 0.490 e. The average Bonchev–Trinajstić information content (AvgIpc) is 3.04. The summed E-state index contributed by atoms with van der Waals surface area (Å²) in [6.45, 7) is 3.58. The van der Waals surface area contributed by atoms with Crippen LogP contribution in [0.25, 0.3) is 10.9 Å². The zero-order valence-electron chi connectivity index (χ0n) is 13.3. The SMILES string of the molecule is Cc1ccc(CNCC(O)COc2cccc3[nH]ccc23)cc1. The Morgan fingerprint density at radius 2 is 1.96 bits per heavy atom. The minimum atomic E-state index is -0.547. The van der Waals surface area contributed by atoms with E-state index in [1.54, 1.807) is 0 Å². The zero-order chi connectivity index (χ0) is 16.1. The maximum Gasteiger partial charge on any atom is 0.128 e. The van der Waals surface area contributed by atoms with E-state index in [4.69, 9.17) is 4.74 Å². The summed E-state index contributed by atoms with van der Waals surface area (Å²) < 4.78 is 5.75. The molecule has 0 bridgehead atoms. The first-order chi connectivity index (χ1) is 11.2. The molecule has 0 fully saturated rings. The molecule has 3 rings (SSSR count). The lowest BCUT2D eigenvalue weighted by molar-refractivity contribution is 0.107. The molecule has 1 aromatic heterocycles. The number of aromatic nitrogens is 1. The molecule has 23 heavy (non-hydrogen) atoms. The highest BCUT2D eigenvalue weighted by molar-refractivity contribution is 5.85. The van der Waals surface area contributed by atoms with Gasteiger partial charge in [-0.1, -0.05) is 35.9 Å². The number of aryl methyl sites for hydroxylation is 1. The number of fused-ring (bicyclic) bond motifs is 1. The fourth-order valence-corrected chi connectivity index (χ4v) is 2.52. The van der Waals surface area contributed by atoms with Gasteiger partial charge in [-0.3, -0.25) is 0 Å². The lowest BCUT2D eigenvalue weighted by Gasteiger charge is -2.14. The van der Waals surface area contributed by atoms with E-state index in [1.807, 2.05) is 30.5 Å². The first kappa shape index (κ1) is 15.6. The molecule has 0 aliphatic rings. The average molecular weight is 310 g/mol. The van der Waals surface area contributed by atoms with Gasteiger partial charge in [-0.2, -0.15) is 0 Å². The highest BCUT2D eigenvalue weighted by Gasteiger charge is 2.07. The summed E-state index contributed by atoms with van der Waals surface area (Å²) in [7, 11) is 0. The molecule has 0 spiro atoms. The van der Waals surface area contributed by atoms with Crippen LogP contribution in [0.4, 0.5) is 0 Å². The molecule has 1 heterocycles. The summed E-state index contributed by atoms with van der Waals surface area (Å²) in [5.41, 5.74) is 3.50. The molecule has 0 amide bonds. The zero-order valence-corrected chi connectivity index (χ0v) is 13.3. The van der Waals surface area contributed by atoms with Gasteiger partial charge in [-0.05, 0) is 30.7 Å². The number of rotatable bonds is 7. The van der Waals surface area contributed by atoms with Gasteiger partial charge in [0.1, 0.15) is 18.5 Å². The third kappa shape index (κ3) is 4.12. The predicted octanol–water partition coefficient (Wildman–Crippen LogP) is 3.01. The Balaban J connectivity index is 1.45. The van der Waals surface area contributed by atoms with Gasteiger partial charge in [-0.25, -0.2) is 0 Å². The van der Waals surface area contributed by atoms with E-state index in [-0.39, 0.29) is 6.61 Å². The molecule has 120 valence electrons. The Hall–Kier alpha value is -2.30. The van der Waals surface area contributed by atoms with Crippen molar-refractivity contribution in [1.29, 1.82) is 0 Å². The predicted molar refractivity (Wildman–Crippen MR) is 92.7 cm³/mol. The van der Waals surface area contributed by atoms with Crippen LogP contribution in [0.2, 0.25) is 0 Å². The summed E-state index contributed by atoms with van der Waals surface area (Å²) in [6, 6.07) is 16.2. The third-order valence-corrected chi connectivity index (χ3v) is 3.82. The first-order valence-electron chi connectivity index (χ1n) is 7.85. The molecule has 0 aliphatic heterocycles. The Morgan fingerprint density at radius 1 is 1.13 bits per heavy atom. The van der Waals surface area contributed by atoms with Crippen molar-refractivity contribution in [3.63, 3.8) is 0 Å². The number of aliphatic hydroxyl groups is 1. The van der Waals surface area contributed by atoms with Crippen molar-refractivity contribution in [3.8, 4) is 5.75 Å². The third-order valence-electron chi connectivity index (χ3n) is 3.82. The molecule has 0 radical (unpaired) electrons. The number of aromatic amines is 1. The van der Waals surface area contributed by atoms with E-state index in [1.165, 1.54) is 11.1 Å². The van der Waals surface area contributed by atoms with Gasteiger partial charge in [0.2, 0.25) is 0 Å². The molecule has 3 N–H and O–H groups in total. The van der Waals surface area contributed by atoms with Crippen molar-refractivity contribution >= 4 is 10.9 Å². The second-order valence-corrected chi connectivity index (χ2v) is 5.78. The second kappa shape index (κ2) is 7.31. The smallest absolute Gasteiger partial charge is 0.128 e. The van der Waals surface area contributed by atoms with E-state index in [2.05, 4.69) is 41.5 Å². The van der Waals surface area contributed by atoms with Crippen LogP contribution in [-0.2, 0) is 6.54 Å². The molecular formula is C19H22N2O2. The van der Waals surface area contributed by atoms with Crippen LogP contribution in [0.3, 0.4) is 0 Å². The Morgan fingerprint density at radius 3 is 2.78 bits per heavy atom. The lowest BCUT2D eigenvalue weighted by atomic mass is 10.1. The summed E-state index contributed by atoms with van der Waals surface area (Å²) in [6.07, 6.45) is 1.34. The summed E-state index contributed by atoms with van der Waals surface area (Å²) in [5, 5.41) is 14.3. The summed E-state index contributed by atoms with van der Waals surface area (Å²) in [5.74, 6) is 0.793. The van der Waals surface area contributed by atoms with Crippen molar-refractivity contribution in [1.82, 2.24) is 10.3 Å². The fourth-order valence-electron chi connectivity index (χ4n) is 2.52. The van der Waals surface area contributed by atoms with Crippen molar-refractivity contribution in [2.24, 2.45) is 0 Å². The van der Waals surface area contributed by atoms with Crippen LogP contribution in [0, 0.1) is 6.92 Å². The van der Waals surface area contributed by atoms with Gasteiger partial charge in [0.15, 0.2) is 0 Å².